The fraction of sp³-hybridized carbons (Fsp3) is 0.0714. The fourth-order valence-electron chi connectivity index (χ4n) is 2.13. The predicted molar refractivity (Wildman–Crippen MR) is 72.3 cm³/mol. The summed E-state index contributed by atoms with van der Waals surface area (Å²) in [5, 5.41) is 18.6. The van der Waals surface area contributed by atoms with E-state index in [9.17, 15) is 9.82 Å². The summed E-state index contributed by atoms with van der Waals surface area (Å²) < 4.78 is 10.7. The van der Waals surface area contributed by atoms with Crippen LogP contribution in [0.3, 0.4) is 0 Å². The minimum atomic E-state index is -1.04. The van der Waals surface area contributed by atoms with Crippen molar-refractivity contribution in [2.45, 2.75) is 6.61 Å². The molecule has 0 bridgehead atoms. The number of carboxylic acid groups (broad SMARTS) is 1. The summed E-state index contributed by atoms with van der Waals surface area (Å²) >= 11 is 0. The molecule has 100 valence electrons. The summed E-state index contributed by atoms with van der Waals surface area (Å²) in [7, 11) is -0.898. The average Bonchev–Trinajstić information content (AvgIpc) is 2.80. The highest BCUT2D eigenvalue weighted by molar-refractivity contribution is 6.61. The van der Waals surface area contributed by atoms with Gasteiger partial charge in [-0.3, -0.25) is 0 Å². The number of hydrogen-bond acceptors (Lipinski definition) is 4. The van der Waals surface area contributed by atoms with Crippen LogP contribution in [0.25, 0.3) is 0 Å². The Kier molecular flexibility index (Phi) is 3.18. The van der Waals surface area contributed by atoms with Crippen LogP contribution in [0, 0.1) is 0 Å². The molecular weight excluding hydrogens is 259 g/mol. The van der Waals surface area contributed by atoms with Crippen LogP contribution in [0.5, 0.6) is 11.5 Å². The van der Waals surface area contributed by atoms with Crippen LogP contribution < -0.4 is 10.2 Å². The normalized spacial score (nSPS) is 13.2. The van der Waals surface area contributed by atoms with Gasteiger partial charge in [0.25, 0.3) is 0 Å². The smallest absolute Gasteiger partial charge is 0.478 e. The molecule has 2 aromatic carbocycles. The summed E-state index contributed by atoms with van der Waals surface area (Å²) in [6.07, 6.45) is 0. The number of rotatable bonds is 3. The van der Waals surface area contributed by atoms with Crippen LogP contribution in [0.15, 0.2) is 42.5 Å². The molecular formula is C14H11BO5. The SMILES string of the molecule is O=C(O)c1ccccc1Oc1ccc2c(c1)COB2O. The molecule has 0 aromatic heterocycles. The summed E-state index contributed by atoms with van der Waals surface area (Å²) in [5.74, 6) is -0.255. The van der Waals surface area contributed by atoms with Gasteiger partial charge in [0.15, 0.2) is 0 Å². The number of fused-ring (bicyclic) bond motifs is 1. The molecule has 0 radical (unpaired) electrons. The molecule has 6 heteroatoms. The Morgan fingerprint density at radius 3 is 2.85 bits per heavy atom. The number of carbonyl (C=O) groups is 1. The minimum absolute atomic E-state index is 0.101. The van der Waals surface area contributed by atoms with Gasteiger partial charge in [-0.2, -0.15) is 0 Å². The second kappa shape index (κ2) is 4.99. The lowest BCUT2D eigenvalue weighted by Crippen LogP contribution is -2.27. The first-order valence-corrected chi connectivity index (χ1v) is 6.08. The maximum Gasteiger partial charge on any atom is 0.491 e. The molecule has 0 saturated carbocycles. The first-order chi connectivity index (χ1) is 9.65. The Hall–Kier alpha value is -2.31. The monoisotopic (exact) mass is 270 g/mol. The third-order valence-electron chi connectivity index (χ3n) is 3.12. The lowest BCUT2D eigenvalue weighted by molar-refractivity contribution is 0.0694. The second-order valence-corrected chi connectivity index (χ2v) is 4.43. The third-order valence-corrected chi connectivity index (χ3v) is 3.12. The Labute approximate surface area is 115 Å². The van der Waals surface area contributed by atoms with Gasteiger partial charge in [-0.05, 0) is 35.3 Å². The molecule has 5 nitrogen and oxygen atoms in total. The van der Waals surface area contributed by atoms with E-state index in [1.165, 1.54) is 6.07 Å². The van der Waals surface area contributed by atoms with Crippen molar-refractivity contribution in [3.05, 3.63) is 53.6 Å². The van der Waals surface area contributed by atoms with Crippen LogP contribution in [-0.4, -0.2) is 23.2 Å². The second-order valence-electron chi connectivity index (χ2n) is 4.43. The van der Waals surface area contributed by atoms with E-state index >= 15 is 0 Å². The van der Waals surface area contributed by atoms with Crippen molar-refractivity contribution in [1.29, 1.82) is 0 Å². The van der Waals surface area contributed by atoms with Gasteiger partial charge in [0.1, 0.15) is 17.1 Å². The van der Waals surface area contributed by atoms with Crippen molar-refractivity contribution in [3.8, 4) is 11.5 Å². The van der Waals surface area contributed by atoms with Gasteiger partial charge in [0, 0.05) is 0 Å². The van der Waals surface area contributed by atoms with E-state index in [0.717, 1.165) is 5.56 Å². The standard InChI is InChI=1S/C14H11BO5/c16-14(17)11-3-1-2-4-13(11)20-10-5-6-12-9(7-10)8-19-15(12)18/h1-7,18H,8H2,(H,16,17). The highest BCUT2D eigenvalue weighted by Gasteiger charge is 2.27. The van der Waals surface area contributed by atoms with E-state index < -0.39 is 13.1 Å². The molecule has 2 aromatic rings. The molecule has 0 aliphatic carbocycles. The average molecular weight is 270 g/mol. The summed E-state index contributed by atoms with van der Waals surface area (Å²) in [5.41, 5.74) is 1.65. The fourth-order valence-corrected chi connectivity index (χ4v) is 2.13. The molecule has 0 amide bonds. The number of carboxylic acids is 1. The lowest BCUT2D eigenvalue weighted by Gasteiger charge is -2.09. The van der Waals surface area contributed by atoms with E-state index in [2.05, 4.69) is 0 Å². The van der Waals surface area contributed by atoms with Crippen LogP contribution in [0.4, 0.5) is 0 Å². The minimum Gasteiger partial charge on any atom is -0.478 e. The highest BCUT2D eigenvalue weighted by Crippen LogP contribution is 2.26. The first kappa shape index (κ1) is 12.7. The van der Waals surface area contributed by atoms with Crippen molar-refractivity contribution in [3.63, 3.8) is 0 Å². The van der Waals surface area contributed by atoms with Crippen LogP contribution in [0.1, 0.15) is 15.9 Å². The zero-order valence-corrected chi connectivity index (χ0v) is 10.4. The molecule has 0 fully saturated rings. The molecule has 0 unspecified atom stereocenters. The first-order valence-electron chi connectivity index (χ1n) is 6.08. The maximum absolute atomic E-state index is 11.1. The van der Waals surface area contributed by atoms with Crippen molar-refractivity contribution in [2.24, 2.45) is 0 Å². The van der Waals surface area contributed by atoms with Crippen molar-refractivity contribution < 1.29 is 24.3 Å². The van der Waals surface area contributed by atoms with Crippen molar-refractivity contribution >= 4 is 18.6 Å². The summed E-state index contributed by atoms with van der Waals surface area (Å²) in [4.78, 5) is 11.1. The Balaban J connectivity index is 1.91. The molecule has 0 saturated heterocycles. The van der Waals surface area contributed by atoms with Gasteiger partial charge in [-0.15, -0.1) is 0 Å². The molecule has 3 rings (SSSR count). The third kappa shape index (κ3) is 2.26. The Bertz CT molecular complexity index is 670. The Morgan fingerprint density at radius 2 is 2.05 bits per heavy atom. The van der Waals surface area contributed by atoms with E-state index in [-0.39, 0.29) is 11.3 Å². The van der Waals surface area contributed by atoms with E-state index in [4.69, 9.17) is 14.5 Å². The number of hydrogen-bond donors (Lipinski definition) is 2. The molecule has 1 heterocycles. The Morgan fingerprint density at radius 1 is 1.25 bits per heavy atom. The summed E-state index contributed by atoms with van der Waals surface area (Å²) in [6, 6.07) is 11.6. The predicted octanol–water partition coefficient (Wildman–Crippen LogP) is 1.39. The van der Waals surface area contributed by atoms with Crippen LogP contribution >= 0.6 is 0 Å². The summed E-state index contributed by atoms with van der Waals surface area (Å²) in [6.45, 7) is 0.314. The lowest BCUT2D eigenvalue weighted by atomic mass is 9.80. The van der Waals surface area contributed by atoms with Gasteiger partial charge >= 0.3 is 13.1 Å². The van der Waals surface area contributed by atoms with E-state index in [1.807, 2.05) is 0 Å². The maximum atomic E-state index is 11.1. The molecule has 0 spiro atoms. The highest BCUT2D eigenvalue weighted by atomic mass is 16.5. The van der Waals surface area contributed by atoms with Crippen molar-refractivity contribution in [2.75, 3.05) is 0 Å². The number of para-hydroxylation sites is 1. The number of benzene rings is 2. The zero-order chi connectivity index (χ0) is 14.1. The van der Waals surface area contributed by atoms with Gasteiger partial charge in [0.05, 0.1) is 6.61 Å². The van der Waals surface area contributed by atoms with E-state index in [0.29, 0.717) is 17.8 Å². The number of aromatic carboxylic acids is 1. The zero-order valence-electron chi connectivity index (χ0n) is 10.4. The molecule has 0 atom stereocenters. The van der Waals surface area contributed by atoms with Gasteiger partial charge in [-0.25, -0.2) is 4.79 Å². The topological polar surface area (TPSA) is 76.0 Å². The molecule has 20 heavy (non-hydrogen) atoms. The van der Waals surface area contributed by atoms with Gasteiger partial charge in [0.2, 0.25) is 0 Å². The van der Waals surface area contributed by atoms with Gasteiger partial charge in [-0.1, -0.05) is 18.2 Å². The van der Waals surface area contributed by atoms with E-state index in [1.54, 1.807) is 36.4 Å². The molecule has 1 aliphatic heterocycles. The molecule has 2 N–H and O–H groups in total. The largest absolute Gasteiger partial charge is 0.491 e. The number of ether oxygens (including phenoxy) is 1. The van der Waals surface area contributed by atoms with Gasteiger partial charge < -0.3 is 19.5 Å². The molecule has 1 aliphatic rings. The van der Waals surface area contributed by atoms with Crippen molar-refractivity contribution in [1.82, 2.24) is 0 Å². The quantitative estimate of drug-likeness (QED) is 0.824. The van der Waals surface area contributed by atoms with Crippen LogP contribution in [0.2, 0.25) is 0 Å². The van der Waals surface area contributed by atoms with Crippen LogP contribution in [-0.2, 0) is 11.3 Å².